The number of aromatic hydroxyl groups is 1. The van der Waals surface area contributed by atoms with E-state index in [9.17, 15) is 9.50 Å². The van der Waals surface area contributed by atoms with Gasteiger partial charge in [-0.05, 0) is 62.5 Å². The van der Waals surface area contributed by atoms with Gasteiger partial charge in [0, 0.05) is 23.6 Å². The summed E-state index contributed by atoms with van der Waals surface area (Å²) in [7, 11) is 2.16. The number of fused-ring (bicyclic) bond motifs is 1. The number of hydrogen-bond donors (Lipinski definition) is 1. The fourth-order valence-corrected chi connectivity index (χ4v) is 3.99. The van der Waals surface area contributed by atoms with Crippen LogP contribution in [0.3, 0.4) is 0 Å². The van der Waals surface area contributed by atoms with Crippen LogP contribution in [-0.4, -0.2) is 40.3 Å². The van der Waals surface area contributed by atoms with Gasteiger partial charge in [0.2, 0.25) is 0 Å². The predicted octanol–water partition coefficient (Wildman–Crippen LogP) is 4.26. The molecule has 1 aromatic heterocycles. The van der Waals surface area contributed by atoms with Gasteiger partial charge in [-0.25, -0.2) is 4.39 Å². The maximum absolute atomic E-state index is 13.3. The minimum absolute atomic E-state index is 0.119. The standard InChI is InChI=1S/C21H22FN3O/c1-13-16-6-3-7-17(14-5-4-10-25(2)12-14)21(16)24-23-20(13)18-9-8-15(22)11-19(18)26/h3,6-9,11,14,26H,4-5,10,12H2,1-2H3/t14-/m0/s1. The highest BCUT2D eigenvalue weighted by molar-refractivity contribution is 5.89. The molecule has 1 fully saturated rings. The maximum Gasteiger partial charge on any atom is 0.127 e. The molecule has 2 heterocycles. The second-order valence-corrected chi connectivity index (χ2v) is 7.18. The number of phenolic OH excluding ortho intramolecular Hbond substituents is 1. The van der Waals surface area contributed by atoms with Crippen molar-refractivity contribution in [2.45, 2.75) is 25.7 Å². The molecule has 1 aliphatic heterocycles. The highest BCUT2D eigenvalue weighted by atomic mass is 19.1. The van der Waals surface area contributed by atoms with E-state index in [2.05, 4.69) is 34.3 Å². The molecule has 0 spiro atoms. The van der Waals surface area contributed by atoms with Gasteiger partial charge in [-0.2, -0.15) is 0 Å². The van der Waals surface area contributed by atoms with Crippen molar-refractivity contribution >= 4 is 10.9 Å². The largest absolute Gasteiger partial charge is 0.507 e. The summed E-state index contributed by atoms with van der Waals surface area (Å²) in [5.41, 5.74) is 4.20. The minimum atomic E-state index is -0.471. The third kappa shape index (κ3) is 2.92. The monoisotopic (exact) mass is 351 g/mol. The molecule has 1 atom stereocenters. The lowest BCUT2D eigenvalue weighted by molar-refractivity contribution is 0.251. The van der Waals surface area contributed by atoms with Crippen LogP contribution in [0.4, 0.5) is 4.39 Å². The van der Waals surface area contributed by atoms with Crippen LogP contribution in [0, 0.1) is 12.7 Å². The van der Waals surface area contributed by atoms with Crippen molar-refractivity contribution in [3.63, 3.8) is 0 Å². The lowest BCUT2D eigenvalue weighted by Crippen LogP contribution is -2.31. The van der Waals surface area contributed by atoms with Crippen LogP contribution in [0.1, 0.15) is 29.9 Å². The third-order valence-corrected chi connectivity index (χ3v) is 5.36. The van der Waals surface area contributed by atoms with Crippen molar-refractivity contribution in [3.8, 4) is 17.0 Å². The van der Waals surface area contributed by atoms with E-state index in [1.54, 1.807) is 6.07 Å². The van der Waals surface area contributed by atoms with Gasteiger partial charge >= 0.3 is 0 Å². The molecule has 2 aromatic carbocycles. The third-order valence-electron chi connectivity index (χ3n) is 5.36. The Morgan fingerprint density at radius 1 is 1.19 bits per heavy atom. The number of piperidine rings is 1. The summed E-state index contributed by atoms with van der Waals surface area (Å²) in [6.45, 7) is 4.15. The molecule has 4 nitrogen and oxygen atoms in total. The number of likely N-dealkylation sites (N-methyl/N-ethyl adjacent to an activating group) is 1. The summed E-state index contributed by atoms with van der Waals surface area (Å²) >= 11 is 0. The van der Waals surface area contributed by atoms with Gasteiger partial charge in [-0.15, -0.1) is 10.2 Å². The first-order valence-electron chi connectivity index (χ1n) is 8.98. The number of rotatable bonds is 2. The van der Waals surface area contributed by atoms with Crippen LogP contribution in [0.15, 0.2) is 36.4 Å². The summed E-state index contributed by atoms with van der Waals surface area (Å²) in [5.74, 6) is -0.135. The van der Waals surface area contributed by atoms with Gasteiger partial charge < -0.3 is 10.0 Å². The molecule has 3 aromatic rings. The zero-order valence-corrected chi connectivity index (χ0v) is 15.0. The molecular formula is C21H22FN3O. The number of hydrogen-bond acceptors (Lipinski definition) is 4. The molecular weight excluding hydrogens is 329 g/mol. The van der Waals surface area contributed by atoms with Gasteiger partial charge in [-0.3, -0.25) is 0 Å². The maximum atomic E-state index is 13.3. The Labute approximate surface area is 152 Å². The molecule has 134 valence electrons. The molecule has 5 heteroatoms. The molecule has 26 heavy (non-hydrogen) atoms. The van der Waals surface area contributed by atoms with Crippen molar-refractivity contribution in [1.82, 2.24) is 15.1 Å². The molecule has 0 aliphatic carbocycles. The summed E-state index contributed by atoms with van der Waals surface area (Å²) in [5, 5.41) is 20.1. The van der Waals surface area contributed by atoms with Gasteiger partial charge in [0.1, 0.15) is 17.3 Å². The number of likely N-dealkylation sites (tertiary alicyclic amines) is 1. The van der Waals surface area contributed by atoms with Crippen LogP contribution >= 0.6 is 0 Å². The number of aromatic nitrogens is 2. The van der Waals surface area contributed by atoms with Crippen LogP contribution in [-0.2, 0) is 0 Å². The molecule has 0 saturated carbocycles. The SMILES string of the molecule is Cc1c(-c2ccc(F)cc2O)nnc2c([C@H]3CCCN(C)C3)cccc12. The zero-order chi connectivity index (χ0) is 18.3. The number of nitrogens with zero attached hydrogens (tertiary/aromatic N) is 3. The van der Waals surface area contributed by atoms with Crippen LogP contribution in [0.2, 0.25) is 0 Å². The highest BCUT2D eigenvalue weighted by Crippen LogP contribution is 2.36. The van der Waals surface area contributed by atoms with Crippen molar-refractivity contribution in [3.05, 3.63) is 53.3 Å². The van der Waals surface area contributed by atoms with Crippen molar-refractivity contribution in [2.24, 2.45) is 0 Å². The minimum Gasteiger partial charge on any atom is -0.507 e. The second-order valence-electron chi connectivity index (χ2n) is 7.18. The Bertz CT molecular complexity index is 973. The number of phenols is 1. The molecule has 0 amide bonds. The van der Waals surface area contributed by atoms with E-state index in [0.29, 0.717) is 17.2 Å². The number of aryl methyl sites for hydroxylation is 1. The molecule has 0 bridgehead atoms. The highest BCUT2D eigenvalue weighted by Gasteiger charge is 2.22. The first-order valence-corrected chi connectivity index (χ1v) is 8.98. The Kier molecular flexibility index (Phi) is 4.32. The zero-order valence-electron chi connectivity index (χ0n) is 15.0. The fourth-order valence-electron chi connectivity index (χ4n) is 3.99. The topological polar surface area (TPSA) is 49.3 Å². The Balaban J connectivity index is 1.84. The van der Waals surface area contributed by atoms with Gasteiger partial charge in [0.05, 0.1) is 5.52 Å². The van der Waals surface area contributed by atoms with Crippen molar-refractivity contribution in [1.29, 1.82) is 0 Å². The lowest BCUT2D eigenvalue weighted by atomic mass is 9.88. The van der Waals surface area contributed by atoms with E-state index in [-0.39, 0.29) is 5.75 Å². The van der Waals surface area contributed by atoms with Gasteiger partial charge in [-0.1, -0.05) is 18.2 Å². The molecule has 1 saturated heterocycles. The smallest absolute Gasteiger partial charge is 0.127 e. The first-order chi connectivity index (χ1) is 12.5. The Hall–Kier alpha value is -2.53. The summed E-state index contributed by atoms with van der Waals surface area (Å²) in [6.07, 6.45) is 2.34. The lowest BCUT2D eigenvalue weighted by Gasteiger charge is -2.30. The van der Waals surface area contributed by atoms with E-state index < -0.39 is 5.82 Å². The average Bonchev–Trinajstić information content (AvgIpc) is 2.62. The second kappa shape index (κ2) is 6.65. The van der Waals surface area contributed by atoms with E-state index in [1.807, 2.05) is 13.0 Å². The molecule has 1 N–H and O–H groups in total. The van der Waals surface area contributed by atoms with Crippen LogP contribution < -0.4 is 0 Å². The molecule has 4 rings (SSSR count). The quantitative estimate of drug-likeness (QED) is 0.749. The molecule has 0 unspecified atom stereocenters. The predicted molar refractivity (Wildman–Crippen MR) is 101 cm³/mol. The average molecular weight is 351 g/mol. The molecule has 1 aliphatic rings. The van der Waals surface area contributed by atoms with Crippen molar-refractivity contribution < 1.29 is 9.50 Å². The molecule has 0 radical (unpaired) electrons. The van der Waals surface area contributed by atoms with Crippen molar-refractivity contribution in [2.75, 3.05) is 20.1 Å². The normalized spacial score (nSPS) is 18.3. The van der Waals surface area contributed by atoms with Gasteiger partial charge in [0.15, 0.2) is 0 Å². The van der Waals surface area contributed by atoms with E-state index in [0.717, 1.165) is 42.0 Å². The summed E-state index contributed by atoms with van der Waals surface area (Å²) < 4.78 is 13.3. The Morgan fingerprint density at radius 2 is 2.04 bits per heavy atom. The van der Waals surface area contributed by atoms with E-state index in [4.69, 9.17) is 0 Å². The summed E-state index contributed by atoms with van der Waals surface area (Å²) in [4.78, 5) is 2.36. The van der Waals surface area contributed by atoms with E-state index in [1.165, 1.54) is 18.1 Å². The first kappa shape index (κ1) is 16.9. The number of halogens is 1. The van der Waals surface area contributed by atoms with Gasteiger partial charge in [0.25, 0.3) is 0 Å². The van der Waals surface area contributed by atoms with Crippen LogP contribution in [0.5, 0.6) is 5.75 Å². The number of benzene rings is 2. The Morgan fingerprint density at radius 3 is 2.81 bits per heavy atom. The fraction of sp³-hybridized carbons (Fsp3) is 0.333. The summed E-state index contributed by atoms with van der Waals surface area (Å²) in [6, 6.07) is 10.2. The van der Waals surface area contributed by atoms with E-state index >= 15 is 0 Å². The van der Waals surface area contributed by atoms with Crippen LogP contribution in [0.25, 0.3) is 22.2 Å².